The molecule has 7 nitrogen and oxygen atoms in total. The number of nitrogens with one attached hydrogen (secondary N) is 1. The van der Waals surface area contributed by atoms with Crippen LogP contribution >= 0.6 is 0 Å². The van der Waals surface area contributed by atoms with Gasteiger partial charge in [0.15, 0.2) is 11.5 Å². The minimum absolute atomic E-state index is 0.0429. The van der Waals surface area contributed by atoms with E-state index >= 15 is 0 Å². The maximum Gasteiger partial charge on any atom is 0.274 e. The number of carbonyl (C=O) groups is 1. The second-order valence-corrected chi connectivity index (χ2v) is 5.43. The Morgan fingerprint density at radius 1 is 1.20 bits per heavy atom. The molecule has 0 aliphatic heterocycles. The highest BCUT2D eigenvalue weighted by molar-refractivity contribution is 6.04. The van der Waals surface area contributed by atoms with Gasteiger partial charge in [-0.25, -0.2) is 0 Å². The van der Waals surface area contributed by atoms with Crippen molar-refractivity contribution in [3.05, 3.63) is 57.6 Å². The van der Waals surface area contributed by atoms with Gasteiger partial charge in [-0.15, -0.1) is 0 Å². The molecule has 2 rings (SSSR count). The molecule has 0 aromatic heterocycles. The molecule has 132 valence electrons. The molecule has 0 spiro atoms. The van der Waals surface area contributed by atoms with Crippen LogP contribution in [0.1, 0.15) is 29.3 Å². The average molecular weight is 344 g/mol. The Hall–Kier alpha value is -3.09. The standard InChI is InChI=1S/C18H20N2O5/c1-4-9-25-16-8-6-13(10-17(16)24-3)18(21)19-14-7-5-12(2)15(11-14)20(22)23/h5-8,10-11H,4,9H2,1-3H3,(H,19,21). The number of hydrogen-bond acceptors (Lipinski definition) is 5. The lowest BCUT2D eigenvalue weighted by Crippen LogP contribution is -2.12. The summed E-state index contributed by atoms with van der Waals surface area (Å²) in [6.45, 7) is 4.19. The minimum Gasteiger partial charge on any atom is -0.493 e. The summed E-state index contributed by atoms with van der Waals surface area (Å²) in [5.41, 5.74) is 1.21. The van der Waals surface area contributed by atoms with E-state index in [9.17, 15) is 14.9 Å². The van der Waals surface area contributed by atoms with E-state index in [0.717, 1.165) is 6.42 Å². The first kappa shape index (κ1) is 18.3. The molecule has 0 aliphatic carbocycles. The number of anilines is 1. The predicted octanol–water partition coefficient (Wildman–Crippen LogP) is 3.95. The number of aryl methyl sites for hydroxylation is 1. The fraction of sp³-hybridized carbons (Fsp3) is 0.278. The molecule has 0 unspecified atom stereocenters. The quantitative estimate of drug-likeness (QED) is 0.606. The van der Waals surface area contributed by atoms with Gasteiger partial charge in [-0.2, -0.15) is 0 Å². The number of nitro benzene ring substituents is 1. The molecule has 7 heteroatoms. The third-order valence-electron chi connectivity index (χ3n) is 3.55. The molecule has 0 saturated heterocycles. The van der Waals surface area contributed by atoms with Crippen LogP contribution in [0.3, 0.4) is 0 Å². The van der Waals surface area contributed by atoms with E-state index in [1.54, 1.807) is 37.3 Å². The zero-order valence-electron chi connectivity index (χ0n) is 14.4. The number of nitro groups is 1. The number of carbonyl (C=O) groups excluding carboxylic acids is 1. The molecular formula is C18H20N2O5. The van der Waals surface area contributed by atoms with Crippen molar-refractivity contribution in [2.75, 3.05) is 19.0 Å². The van der Waals surface area contributed by atoms with Gasteiger partial charge in [0.2, 0.25) is 0 Å². The second-order valence-electron chi connectivity index (χ2n) is 5.43. The maximum absolute atomic E-state index is 12.4. The predicted molar refractivity (Wildman–Crippen MR) is 94.6 cm³/mol. The van der Waals surface area contributed by atoms with Crippen LogP contribution in [0.25, 0.3) is 0 Å². The molecule has 0 atom stereocenters. The highest BCUT2D eigenvalue weighted by atomic mass is 16.6. The first-order chi connectivity index (χ1) is 12.0. The first-order valence-electron chi connectivity index (χ1n) is 7.83. The molecule has 0 saturated carbocycles. The Morgan fingerprint density at radius 2 is 1.96 bits per heavy atom. The van der Waals surface area contributed by atoms with E-state index in [-0.39, 0.29) is 5.69 Å². The van der Waals surface area contributed by atoms with Gasteiger partial charge in [0.25, 0.3) is 11.6 Å². The normalized spacial score (nSPS) is 10.2. The Bertz CT molecular complexity index is 789. The Kier molecular flexibility index (Phi) is 5.94. The molecule has 2 aromatic rings. The van der Waals surface area contributed by atoms with Crippen LogP contribution in [0.2, 0.25) is 0 Å². The van der Waals surface area contributed by atoms with Crippen LogP contribution in [-0.2, 0) is 0 Å². The van der Waals surface area contributed by atoms with Crippen molar-refractivity contribution >= 4 is 17.3 Å². The highest BCUT2D eigenvalue weighted by Gasteiger charge is 2.15. The van der Waals surface area contributed by atoms with Gasteiger partial charge in [-0.3, -0.25) is 14.9 Å². The molecule has 0 radical (unpaired) electrons. The van der Waals surface area contributed by atoms with Crippen molar-refractivity contribution in [1.82, 2.24) is 0 Å². The summed E-state index contributed by atoms with van der Waals surface area (Å²) >= 11 is 0. The number of amides is 1. The fourth-order valence-electron chi connectivity index (χ4n) is 2.23. The Morgan fingerprint density at radius 3 is 2.60 bits per heavy atom. The molecular weight excluding hydrogens is 324 g/mol. The van der Waals surface area contributed by atoms with Crippen LogP contribution in [0.15, 0.2) is 36.4 Å². The lowest BCUT2D eigenvalue weighted by atomic mass is 10.1. The summed E-state index contributed by atoms with van der Waals surface area (Å²) in [5, 5.41) is 13.7. The number of hydrogen-bond donors (Lipinski definition) is 1. The number of rotatable bonds is 7. The SMILES string of the molecule is CCCOc1ccc(C(=O)Nc2ccc(C)c([N+](=O)[O-])c2)cc1OC. The largest absolute Gasteiger partial charge is 0.493 e. The van der Waals surface area contributed by atoms with E-state index in [0.29, 0.717) is 34.9 Å². The average Bonchev–Trinajstić information content (AvgIpc) is 2.61. The van der Waals surface area contributed by atoms with Crippen molar-refractivity contribution in [2.24, 2.45) is 0 Å². The molecule has 0 fully saturated rings. The third kappa shape index (κ3) is 4.47. The third-order valence-corrected chi connectivity index (χ3v) is 3.55. The van der Waals surface area contributed by atoms with E-state index in [4.69, 9.17) is 9.47 Å². The van der Waals surface area contributed by atoms with Gasteiger partial charge in [0.05, 0.1) is 18.6 Å². The highest BCUT2D eigenvalue weighted by Crippen LogP contribution is 2.29. The van der Waals surface area contributed by atoms with Crippen molar-refractivity contribution in [1.29, 1.82) is 0 Å². The number of nitrogens with zero attached hydrogens (tertiary/aromatic N) is 1. The zero-order valence-corrected chi connectivity index (χ0v) is 14.4. The topological polar surface area (TPSA) is 90.7 Å². The first-order valence-corrected chi connectivity index (χ1v) is 7.83. The van der Waals surface area contributed by atoms with Gasteiger partial charge in [0.1, 0.15) is 0 Å². The van der Waals surface area contributed by atoms with Crippen molar-refractivity contribution in [2.45, 2.75) is 20.3 Å². The summed E-state index contributed by atoms with van der Waals surface area (Å²) in [7, 11) is 1.50. The molecule has 0 bridgehead atoms. The summed E-state index contributed by atoms with van der Waals surface area (Å²) in [6, 6.07) is 9.41. The van der Waals surface area contributed by atoms with Gasteiger partial charge < -0.3 is 14.8 Å². The number of methoxy groups -OCH3 is 1. The van der Waals surface area contributed by atoms with E-state index in [1.165, 1.54) is 13.2 Å². The molecule has 0 heterocycles. The van der Waals surface area contributed by atoms with Crippen LogP contribution in [0, 0.1) is 17.0 Å². The van der Waals surface area contributed by atoms with Gasteiger partial charge in [-0.1, -0.05) is 13.0 Å². The molecule has 1 N–H and O–H groups in total. The molecule has 1 amide bonds. The van der Waals surface area contributed by atoms with Crippen LogP contribution in [-0.4, -0.2) is 24.5 Å². The number of benzene rings is 2. The van der Waals surface area contributed by atoms with Crippen LogP contribution in [0.5, 0.6) is 11.5 Å². The second kappa shape index (κ2) is 8.14. The van der Waals surface area contributed by atoms with E-state index in [1.807, 2.05) is 6.92 Å². The van der Waals surface area contributed by atoms with Gasteiger partial charge in [0, 0.05) is 22.9 Å². The van der Waals surface area contributed by atoms with Crippen molar-refractivity contribution in [3.8, 4) is 11.5 Å². The summed E-state index contributed by atoms with van der Waals surface area (Å²) in [6.07, 6.45) is 0.859. The van der Waals surface area contributed by atoms with Crippen molar-refractivity contribution < 1.29 is 19.2 Å². The van der Waals surface area contributed by atoms with Crippen LogP contribution in [0.4, 0.5) is 11.4 Å². The molecule has 25 heavy (non-hydrogen) atoms. The summed E-state index contributed by atoms with van der Waals surface area (Å²) < 4.78 is 10.8. The minimum atomic E-state index is -0.478. The Balaban J connectivity index is 2.21. The van der Waals surface area contributed by atoms with Crippen LogP contribution < -0.4 is 14.8 Å². The van der Waals surface area contributed by atoms with Crippen molar-refractivity contribution in [3.63, 3.8) is 0 Å². The van der Waals surface area contributed by atoms with Gasteiger partial charge in [-0.05, 0) is 37.6 Å². The Labute approximate surface area is 145 Å². The smallest absolute Gasteiger partial charge is 0.274 e. The summed E-state index contributed by atoms with van der Waals surface area (Å²) in [4.78, 5) is 22.9. The van der Waals surface area contributed by atoms with E-state index < -0.39 is 10.8 Å². The van der Waals surface area contributed by atoms with E-state index in [2.05, 4.69) is 5.32 Å². The molecule has 0 aliphatic rings. The fourth-order valence-corrected chi connectivity index (χ4v) is 2.23. The lowest BCUT2D eigenvalue weighted by molar-refractivity contribution is -0.385. The van der Waals surface area contributed by atoms with Gasteiger partial charge >= 0.3 is 0 Å². The monoisotopic (exact) mass is 344 g/mol. The molecule has 2 aromatic carbocycles. The zero-order chi connectivity index (χ0) is 18.4. The maximum atomic E-state index is 12.4. The lowest BCUT2D eigenvalue weighted by Gasteiger charge is -2.12. The summed E-state index contributed by atoms with van der Waals surface area (Å²) in [5.74, 6) is 0.626. The number of ether oxygens (including phenoxy) is 2.